The molecule has 5 nitrogen and oxygen atoms in total. The first-order chi connectivity index (χ1) is 12.0. The quantitative estimate of drug-likeness (QED) is 0.882. The number of nitrogens with zero attached hydrogens (tertiary/aromatic N) is 2. The topological polar surface area (TPSA) is 70.5 Å². The Morgan fingerprint density at radius 1 is 1.36 bits per heavy atom. The lowest BCUT2D eigenvalue weighted by Gasteiger charge is -2.32. The van der Waals surface area contributed by atoms with E-state index < -0.39 is 5.97 Å². The SMILES string of the molecule is Cc1ccccc1-c1nc(C(=O)N2CCC[C@H](CCC(=O)O)C2)cs1. The first-order valence-corrected chi connectivity index (χ1v) is 9.45. The fourth-order valence-electron chi connectivity index (χ4n) is 3.28. The molecule has 0 spiro atoms. The van der Waals surface area contributed by atoms with E-state index in [1.807, 2.05) is 41.5 Å². The molecule has 1 aromatic heterocycles. The van der Waals surface area contributed by atoms with E-state index in [0.29, 0.717) is 18.7 Å². The number of aliphatic carboxylic acids is 1. The summed E-state index contributed by atoms with van der Waals surface area (Å²) in [6.45, 7) is 3.39. The Bertz CT molecular complexity index is 772. The monoisotopic (exact) mass is 358 g/mol. The highest BCUT2D eigenvalue weighted by Gasteiger charge is 2.26. The Morgan fingerprint density at radius 3 is 2.92 bits per heavy atom. The number of hydrogen-bond donors (Lipinski definition) is 1. The lowest BCUT2D eigenvalue weighted by molar-refractivity contribution is -0.137. The normalized spacial score (nSPS) is 17.5. The molecule has 0 bridgehead atoms. The van der Waals surface area contributed by atoms with Crippen molar-refractivity contribution in [2.45, 2.75) is 32.6 Å². The van der Waals surface area contributed by atoms with Gasteiger partial charge in [-0.25, -0.2) is 4.98 Å². The van der Waals surface area contributed by atoms with Crippen molar-refractivity contribution >= 4 is 23.2 Å². The minimum absolute atomic E-state index is 0.0453. The van der Waals surface area contributed by atoms with Gasteiger partial charge in [-0.3, -0.25) is 9.59 Å². The number of carboxylic acid groups (broad SMARTS) is 1. The van der Waals surface area contributed by atoms with Gasteiger partial charge in [0.05, 0.1) is 0 Å². The van der Waals surface area contributed by atoms with E-state index in [-0.39, 0.29) is 18.2 Å². The molecule has 1 saturated heterocycles. The molecule has 1 aliphatic heterocycles. The molecule has 1 amide bonds. The molecule has 0 radical (unpaired) electrons. The Hall–Kier alpha value is -2.21. The summed E-state index contributed by atoms with van der Waals surface area (Å²) in [7, 11) is 0. The molecule has 1 aromatic carbocycles. The summed E-state index contributed by atoms with van der Waals surface area (Å²) in [6.07, 6.45) is 2.71. The molecule has 6 heteroatoms. The molecule has 1 fully saturated rings. The molecule has 132 valence electrons. The van der Waals surface area contributed by atoms with Crippen LogP contribution < -0.4 is 0 Å². The summed E-state index contributed by atoms with van der Waals surface area (Å²) in [4.78, 5) is 29.9. The van der Waals surface area contributed by atoms with Gasteiger partial charge < -0.3 is 10.0 Å². The predicted octanol–water partition coefficient (Wildman–Crippen LogP) is 3.84. The minimum atomic E-state index is -0.772. The molecular formula is C19H22N2O3S. The van der Waals surface area contributed by atoms with Gasteiger partial charge in [0.2, 0.25) is 0 Å². The van der Waals surface area contributed by atoms with Crippen LogP contribution in [0.5, 0.6) is 0 Å². The molecule has 2 heterocycles. The lowest BCUT2D eigenvalue weighted by atomic mass is 9.93. The maximum absolute atomic E-state index is 12.8. The third-order valence-electron chi connectivity index (χ3n) is 4.67. The van der Waals surface area contributed by atoms with Gasteiger partial charge in [-0.15, -0.1) is 11.3 Å². The molecule has 3 rings (SSSR count). The van der Waals surface area contributed by atoms with Crippen LogP contribution in [0.4, 0.5) is 0 Å². The number of amides is 1. The summed E-state index contributed by atoms with van der Waals surface area (Å²) in [5.74, 6) is -0.551. The maximum Gasteiger partial charge on any atom is 0.303 e. The standard InChI is InChI=1S/C19H22N2O3S/c1-13-5-2-3-7-15(13)18-20-16(12-25-18)19(24)21-10-4-6-14(11-21)8-9-17(22)23/h2-3,5,7,12,14H,4,6,8-11H2,1H3,(H,22,23)/t14-/m1/s1. The molecule has 1 N–H and O–H groups in total. The molecule has 0 aliphatic carbocycles. The van der Waals surface area contributed by atoms with E-state index in [0.717, 1.165) is 35.5 Å². The fourth-order valence-corrected chi connectivity index (χ4v) is 4.17. The van der Waals surface area contributed by atoms with Crippen molar-refractivity contribution in [2.75, 3.05) is 13.1 Å². The van der Waals surface area contributed by atoms with Gasteiger partial charge >= 0.3 is 5.97 Å². The van der Waals surface area contributed by atoms with Crippen LogP contribution in [0.15, 0.2) is 29.6 Å². The summed E-state index contributed by atoms with van der Waals surface area (Å²) in [5, 5.41) is 11.5. The van der Waals surface area contributed by atoms with Crippen molar-refractivity contribution in [3.8, 4) is 10.6 Å². The van der Waals surface area contributed by atoms with Crippen LogP contribution in [0.25, 0.3) is 10.6 Å². The Balaban J connectivity index is 1.69. The largest absolute Gasteiger partial charge is 0.481 e. The van der Waals surface area contributed by atoms with E-state index in [1.54, 1.807) is 0 Å². The lowest BCUT2D eigenvalue weighted by Crippen LogP contribution is -2.40. The number of thiazole rings is 1. The van der Waals surface area contributed by atoms with Gasteiger partial charge in [0.1, 0.15) is 10.7 Å². The Kier molecular flexibility index (Phi) is 5.48. The van der Waals surface area contributed by atoms with Gasteiger partial charge in [0.25, 0.3) is 5.91 Å². The van der Waals surface area contributed by atoms with Crippen LogP contribution in [0, 0.1) is 12.8 Å². The van der Waals surface area contributed by atoms with Crippen molar-refractivity contribution < 1.29 is 14.7 Å². The molecular weight excluding hydrogens is 336 g/mol. The summed E-state index contributed by atoms with van der Waals surface area (Å²) in [5.41, 5.74) is 2.69. The van der Waals surface area contributed by atoms with Crippen LogP contribution in [-0.2, 0) is 4.79 Å². The van der Waals surface area contributed by atoms with E-state index >= 15 is 0 Å². The second-order valence-electron chi connectivity index (χ2n) is 6.54. The molecule has 0 saturated carbocycles. The van der Waals surface area contributed by atoms with Gasteiger partial charge in [-0.2, -0.15) is 0 Å². The third-order valence-corrected chi connectivity index (χ3v) is 5.55. The first-order valence-electron chi connectivity index (χ1n) is 8.57. The number of hydrogen-bond acceptors (Lipinski definition) is 4. The smallest absolute Gasteiger partial charge is 0.303 e. The zero-order chi connectivity index (χ0) is 17.8. The van der Waals surface area contributed by atoms with E-state index in [2.05, 4.69) is 4.98 Å². The average molecular weight is 358 g/mol. The van der Waals surface area contributed by atoms with Crippen molar-refractivity contribution in [1.29, 1.82) is 0 Å². The Labute approximate surface area is 151 Å². The number of aromatic nitrogens is 1. The first kappa shape index (κ1) is 17.6. The highest BCUT2D eigenvalue weighted by molar-refractivity contribution is 7.13. The number of carbonyl (C=O) groups excluding carboxylic acids is 1. The molecule has 0 unspecified atom stereocenters. The molecule has 25 heavy (non-hydrogen) atoms. The number of likely N-dealkylation sites (tertiary alicyclic amines) is 1. The summed E-state index contributed by atoms with van der Waals surface area (Å²) in [6, 6.07) is 8.02. The van der Waals surface area contributed by atoms with Gasteiger partial charge in [-0.05, 0) is 37.7 Å². The Morgan fingerprint density at radius 2 is 2.16 bits per heavy atom. The van der Waals surface area contributed by atoms with Crippen molar-refractivity contribution in [3.63, 3.8) is 0 Å². The highest BCUT2D eigenvalue weighted by Crippen LogP contribution is 2.28. The average Bonchev–Trinajstić information content (AvgIpc) is 3.10. The highest BCUT2D eigenvalue weighted by atomic mass is 32.1. The van der Waals surface area contributed by atoms with E-state index in [4.69, 9.17) is 5.11 Å². The number of aryl methyl sites for hydroxylation is 1. The third kappa shape index (κ3) is 4.25. The number of rotatable bonds is 5. The van der Waals surface area contributed by atoms with Gasteiger partial charge in [0, 0.05) is 30.5 Å². The molecule has 2 aromatic rings. The zero-order valence-corrected chi connectivity index (χ0v) is 15.1. The second-order valence-corrected chi connectivity index (χ2v) is 7.40. The number of carboxylic acids is 1. The zero-order valence-electron chi connectivity index (χ0n) is 14.3. The van der Waals surface area contributed by atoms with Crippen LogP contribution in [0.3, 0.4) is 0 Å². The summed E-state index contributed by atoms with van der Waals surface area (Å²) >= 11 is 1.49. The summed E-state index contributed by atoms with van der Waals surface area (Å²) < 4.78 is 0. The number of piperidine rings is 1. The molecule has 1 aliphatic rings. The van der Waals surface area contributed by atoms with Gasteiger partial charge in [-0.1, -0.05) is 24.3 Å². The predicted molar refractivity (Wildman–Crippen MR) is 97.8 cm³/mol. The number of benzene rings is 1. The van der Waals surface area contributed by atoms with E-state index in [9.17, 15) is 9.59 Å². The second kappa shape index (κ2) is 7.78. The van der Waals surface area contributed by atoms with Gasteiger partial charge in [0.15, 0.2) is 0 Å². The number of carbonyl (C=O) groups is 2. The maximum atomic E-state index is 12.8. The molecule has 1 atom stereocenters. The van der Waals surface area contributed by atoms with Crippen LogP contribution in [0.1, 0.15) is 41.7 Å². The minimum Gasteiger partial charge on any atom is -0.481 e. The van der Waals surface area contributed by atoms with E-state index in [1.165, 1.54) is 11.3 Å². The van der Waals surface area contributed by atoms with Crippen molar-refractivity contribution in [2.24, 2.45) is 5.92 Å². The van der Waals surface area contributed by atoms with Crippen LogP contribution >= 0.6 is 11.3 Å². The van der Waals surface area contributed by atoms with Crippen LogP contribution in [-0.4, -0.2) is 40.0 Å². The fraction of sp³-hybridized carbons (Fsp3) is 0.421. The van der Waals surface area contributed by atoms with Crippen LogP contribution in [0.2, 0.25) is 0 Å². The van der Waals surface area contributed by atoms with Crippen molar-refractivity contribution in [3.05, 3.63) is 40.9 Å². The van der Waals surface area contributed by atoms with Crippen molar-refractivity contribution in [1.82, 2.24) is 9.88 Å².